The van der Waals surface area contributed by atoms with Crippen LogP contribution in [-0.4, -0.2) is 6.29 Å². The Kier molecular flexibility index (Phi) is 2.76. The molecule has 0 saturated carbocycles. The van der Waals surface area contributed by atoms with Crippen LogP contribution in [0.3, 0.4) is 0 Å². The predicted molar refractivity (Wildman–Crippen MR) is 45.8 cm³/mol. The van der Waals surface area contributed by atoms with Gasteiger partial charge in [-0.05, 0) is 6.92 Å². The molecule has 0 radical (unpaired) electrons. The maximum atomic E-state index is 13.1. The number of aldehydes is 1. The molecule has 0 bridgehead atoms. The van der Waals surface area contributed by atoms with E-state index < -0.39 is 12.3 Å². The lowest BCUT2D eigenvalue weighted by atomic mass is 10.0. The fraction of sp³-hybridized carbons (Fsp3) is 0.300. The molecule has 0 aromatic heterocycles. The van der Waals surface area contributed by atoms with Crippen LogP contribution in [0.1, 0.15) is 17.5 Å². The molecule has 0 unspecified atom stereocenters. The van der Waals surface area contributed by atoms with Gasteiger partial charge in [0.2, 0.25) is 0 Å². The summed E-state index contributed by atoms with van der Waals surface area (Å²) in [6.45, 7) is 1.74. The molecule has 3 heteroatoms. The first-order chi connectivity index (χ1) is 6.06. The zero-order valence-corrected chi connectivity index (χ0v) is 7.26. The lowest BCUT2D eigenvalue weighted by molar-refractivity contribution is -0.115. The fourth-order valence-corrected chi connectivity index (χ4v) is 1.10. The van der Waals surface area contributed by atoms with Gasteiger partial charge < -0.3 is 4.79 Å². The van der Waals surface area contributed by atoms with E-state index in [1.54, 1.807) is 19.1 Å². The van der Waals surface area contributed by atoms with Crippen LogP contribution < -0.4 is 0 Å². The number of aryl methyl sites for hydroxylation is 1. The second kappa shape index (κ2) is 3.64. The minimum absolute atomic E-state index is 0.0976. The predicted octanol–water partition coefficient (Wildman–Crippen LogP) is 2.68. The second-order valence-corrected chi connectivity index (χ2v) is 2.94. The highest BCUT2D eigenvalue weighted by Gasteiger charge is 2.30. The van der Waals surface area contributed by atoms with Crippen molar-refractivity contribution in [1.82, 2.24) is 0 Å². The van der Waals surface area contributed by atoms with Crippen molar-refractivity contribution < 1.29 is 13.6 Å². The number of carbonyl (C=O) groups excluding carboxylic acids is 1. The third-order valence-corrected chi connectivity index (χ3v) is 1.78. The number of hydrogen-bond donors (Lipinski definition) is 0. The third-order valence-electron chi connectivity index (χ3n) is 1.78. The number of carbonyl (C=O) groups is 1. The Hall–Kier alpha value is -1.25. The standard InChI is InChI=1S/C10H10F2O/c1-8-3-2-4-9(7-8)10(11,12)5-6-13/h2-4,6-7H,5H2,1H3. The largest absolute Gasteiger partial charge is 0.303 e. The smallest absolute Gasteiger partial charge is 0.279 e. The molecule has 0 N–H and O–H groups in total. The maximum Gasteiger partial charge on any atom is 0.279 e. The molecular weight excluding hydrogens is 174 g/mol. The van der Waals surface area contributed by atoms with Crippen molar-refractivity contribution in [3.63, 3.8) is 0 Å². The molecule has 13 heavy (non-hydrogen) atoms. The molecule has 0 aliphatic carbocycles. The van der Waals surface area contributed by atoms with E-state index >= 15 is 0 Å². The van der Waals surface area contributed by atoms with E-state index in [-0.39, 0.29) is 11.8 Å². The second-order valence-electron chi connectivity index (χ2n) is 2.94. The first kappa shape index (κ1) is 9.84. The molecule has 0 heterocycles. The summed E-state index contributed by atoms with van der Waals surface area (Å²) < 4.78 is 26.2. The zero-order valence-electron chi connectivity index (χ0n) is 7.26. The van der Waals surface area contributed by atoms with Crippen molar-refractivity contribution >= 4 is 6.29 Å². The van der Waals surface area contributed by atoms with Gasteiger partial charge in [0.1, 0.15) is 6.29 Å². The molecule has 0 amide bonds. The minimum atomic E-state index is -3.03. The molecule has 0 spiro atoms. The highest BCUT2D eigenvalue weighted by atomic mass is 19.3. The third kappa shape index (κ3) is 2.34. The van der Waals surface area contributed by atoms with E-state index in [0.717, 1.165) is 5.56 Å². The van der Waals surface area contributed by atoms with Gasteiger partial charge >= 0.3 is 0 Å². The fourth-order valence-electron chi connectivity index (χ4n) is 1.10. The van der Waals surface area contributed by atoms with Gasteiger partial charge in [-0.25, -0.2) is 8.78 Å². The van der Waals surface area contributed by atoms with Crippen molar-refractivity contribution in [2.45, 2.75) is 19.3 Å². The SMILES string of the molecule is Cc1cccc(C(F)(F)CC=O)c1. The molecule has 0 aliphatic heterocycles. The van der Waals surface area contributed by atoms with Crippen molar-refractivity contribution in [2.75, 3.05) is 0 Å². The summed E-state index contributed by atoms with van der Waals surface area (Å²) in [5.74, 6) is -3.03. The maximum absolute atomic E-state index is 13.1. The first-order valence-electron chi connectivity index (χ1n) is 3.95. The molecule has 1 aromatic carbocycles. The minimum Gasteiger partial charge on any atom is -0.303 e. The van der Waals surface area contributed by atoms with Gasteiger partial charge in [-0.3, -0.25) is 0 Å². The van der Waals surface area contributed by atoms with Crippen molar-refractivity contribution in [1.29, 1.82) is 0 Å². The highest BCUT2D eigenvalue weighted by molar-refractivity contribution is 5.52. The average molecular weight is 184 g/mol. The van der Waals surface area contributed by atoms with Crippen LogP contribution in [0.5, 0.6) is 0 Å². The Balaban J connectivity index is 2.99. The summed E-state index contributed by atoms with van der Waals surface area (Å²) in [6, 6.07) is 6.02. The zero-order chi connectivity index (χ0) is 9.90. The van der Waals surface area contributed by atoms with Gasteiger partial charge in [0.05, 0.1) is 6.42 Å². The number of halogens is 2. The summed E-state index contributed by atoms with van der Waals surface area (Å²) in [7, 11) is 0. The Morgan fingerprint density at radius 3 is 2.69 bits per heavy atom. The van der Waals surface area contributed by atoms with Gasteiger partial charge in [0.25, 0.3) is 5.92 Å². The molecule has 0 aliphatic rings. The lowest BCUT2D eigenvalue weighted by Crippen LogP contribution is -2.13. The van der Waals surface area contributed by atoms with Crippen LogP contribution in [-0.2, 0) is 10.7 Å². The van der Waals surface area contributed by atoms with Crippen LogP contribution >= 0.6 is 0 Å². The van der Waals surface area contributed by atoms with E-state index in [2.05, 4.69) is 0 Å². The van der Waals surface area contributed by atoms with Gasteiger partial charge in [0.15, 0.2) is 0 Å². The van der Waals surface area contributed by atoms with Gasteiger partial charge in [-0.2, -0.15) is 0 Å². The Morgan fingerprint density at radius 1 is 1.46 bits per heavy atom. The number of hydrogen-bond acceptors (Lipinski definition) is 1. The van der Waals surface area contributed by atoms with Gasteiger partial charge in [0, 0.05) is 5.56 Å². The van der Waals surface area contributed by atoms with Crippen molar-refractivity contribution in [3.8, 4) is 0 Å². The van der Waals surface area contributed by atoms with Crippen molar-refractivity contribution in [2.24, 2.45) is 0 Å². The van der Waals surface area contributed by atoms with E-state index in [1.807, 2.05) is 0 Å². The van der Waals surface area contributed by atoms with E-state index in [4.69, 9.17) is 0 Å². The number of benzene rings is 1. The first-order valence-corrected chi connectivity index (χ1v) is 3.95. The van der Waals surface area contributed by atoms with Gasteiger partial charge in [-0.1, -0.05) is 29.8 Å². The number of alkyl halides is 2. The van der Waals surface area contributed by atoms with Crippen LogP contribution in [0, 0.1) is 6.92 Å². The Labute approximate surface area is 75.4 Å². The molecule has 1 rings (SSSR count). The molecule has 0 saturated heterocycles. The lowest BCUT2D eigenvalue weighted by Gasteiger charge is -2.13. The van der Waals surface area contributed by atoms with Crippen molar-refractivity contribution in [3.05, 3.63) is 35.4 Å². The monoisotopic (exact) mass is 184 g/mol. The molecule has 0 fully saturated rings. The van der Waals surface area contributed by atoms with E-state index in [9.17, 15) is 13.6 Å². The molecular formula is C10H10F2O. The summed E-state index contributed by atoms with van der Waals surface area (Å²) in [6.07, 6.45) is -0.515. The highest BCUT2D eigenvalue weighted by Crippen LogP contribution is 2.30. The Bertz CT molecular complexity index is 308. The molecule has 70 valence electrons. The summed E-state index contributed by atoms with van der Waals surface area (Å²) in [4.78, 5) is 10.00. The van der Waals surface area contributed by atoms with Crippen LogP contribution in [0.4, 0.5) is 8.78 Å². The van der Waals surface area contributed by atoms with E-state index in [1.165, 1.54) is 12.1 Å². The van der Waals surface area contributed by atoms with E-state index in [0.29, 0.717) is 0 Å². The Morgan fingerprint density at radius 2 is 2.15 bits per heavy atom. The summed E-state index contributed by atoms with van der Waals surface area (Å²) in [5, 5.41) is 0. The number of rotatable bonds is 3. The molecule has 1 nitrogen and oxygen atoms in total. The topological polar surface area (TPSA) is 17.1 Å². The van der Waals surface area contributed by atoms with Crippen LogP contribution in [0.15, 0.2) is 24.3 Å². The quantitative estimate of drug-likeness (QED) is 0.660. The van der Waals surface area contributed by atoms with Gasteiger partial charge in [-0.15, -0.1) is 0 Å². The van der Waals surface area contributed by atoms with Crippen LogP contribution in [0.25, 0.3) is 0 Å². The molecule has 1 aromatic rings. The normalized spacial score (nSPS) is 11.3. The molecule has 0 atom stereocenters. The van der Waals surface area contributed by atoms with Crippen LogP contribution in [0.2, 0.25) is 0 Å². The summed E-state index contributed by atoms with van der Waals surface area (Å²) >= 11 is 0. The summed E-state index contributed by atoms with van der Waals surface area (Å²) in [5.41, 5.74) is 0.669. The average Bonchev–Trinajstić information content (AvgIpc) is 2.04.